The van der Waals surface area contributed by atoms with Crippen LogP contribution in [0.4, 0.5) is 11.4 Å². The number of para-hydroxylation sites is 3. The summed E-state index contributed by atoms with van der Waals surface area (Å²) in [5.41, 5.74) is 14.5. The van der Waals surface area contributed by atoms with Gasteiger partial charge in [0.2, 0.25) is 0 Å². The standard InChI is InChI=1S/C47H40N2S/c1-30-26-39-45(42(27-30)49-40-19-11-8-16-34(40)35-17-9-12-20-41(35)49)36-24-22-32(28-38(36)46(39,2)3)48(31-14-6-5-7-15-31)33-23-25-44-47(4,29-33)37-18-10-13-21-43(37)50-44/h5-25,27-30,44H,26H2,1-4H3. The maximum absolute atomic E-state index is 2.54. The molecule has 0 radical (unpaired) electrons. The van der Waals surface area contributed by atoms with Gasteiger partial charge in [-0.2, -0.15) is 0 Å². The maximum atomic E-state index is 2.54. The van der Waals surface area contributed by atoms with E-state index in [4.69, 9.17) is 0 Å². The third-order valence-corrected chi connectivity index (χ3v) is 13.3. The number of nitrogens with zero attached hydrogens (tertiary/aromatic N) is 2. The van der Waals surface area contributed by atoms with Gasteiger partial charge in [-0.1, -0.05) is 119 Å². The Kier molecular flexibility index (Phi) is 6.43. The normalized spacial score (nSPS) is 23.0. The van der Waals surface area contributed by atoms with E-state index in [9.17, 15) is 0 Å². The average Bonchev–Trinajstić information content (AvgIpc) is 3.71. The Bertz CT molecular complexity index is 2450. The van der Waals surface area contributed by atoms with Gasteiger partial charge >= 0.3 is 0 Å². The third-order valence-electron chi connectivity index (χ3n) is 11.8. The zero-order valence-corrected chi connectivity index (χ0v) is 29.8. The number of hydrogen-bond donors (Lipinski definition) is 0. The summed E-state index contributed by atoms with van der Waals surface area (Å²) in [6.07, 6.45) is 10.9. The smallest absolute Gasteiger partial charge is 0.0541 e. The summed E-state index contributed by atoms with van der Waals surface area (Å²) in [5.74, 6) is 0.441. The molecule has 0 fully saturated rings. The number of anilines is 2. The van der Waals surface area contributed by atoms with Gasteiger partial charge in [0.15, 0.2) is 0 Å². The Labute approximate surface area is 299 Å². The van der Waals surface area contributed by atoms with Crippen LogP contribution in [0.3, 0.4) is 0 Å². The van der Waals surface area contributed by atoms with Crippen LogP contribution in [0, 0.1) is 5.92 Å². The van der Waals surface area contributed by atoms with Crippen molar-refractivity contribution in [3.63, 3.8) is 0 Å². The van der Waals surface area contributed by atoms with Crippen molar-refractivity contribution in [2.75, 3.05) is 4.90 Å². The maximum Gasteiger partial charge on any atom is 0.0541 e. The van der Waals surface area contributed by atoms with Crippen molar-refractivity contribution in [3.8, 4) is 0 Å². The fourth-order valence-corrected chi connectivity index (χ4v) is 10.8. The Morgan fingerprint density at radius 3 is 2.16 bits per heavy atom. The second-order valence-corrected chi connectivity index (χ2v) is 16.4. The molecule has 0 saturated carbocycles. The molecule has 3 unspecified atom stereocenters. The van der Waals surface area contributed by atoms with Crippen LogP contribution >= 0.6 is 11.8 Å². The minimum absolute atomic E-state index is 0.0762. The first-order valence-electron chi connectivity index (χ1n) is 17.9. The molecular weight excluding hydrogens is 625 g/mol. The van der Waals surface area contributed by atoms with Crippen LogP contribution in [-0.4, -0.2) is 9.82 Å². The Hall–Kier alpha value is -4.99. The highest BCUT2D eigenvalue weighted by molar-refractivity contribution is 8.00. The van der Waals surface area contributed by atoms with E-state index in [-0.39, 0.29) is 10.8 Å². The quantitative estimate of drug-likeness (QED) is 0.185. The van der Waals surface area contributed by atoms with Crippen molar-refractivity contribution in [3.05, 3.63) is 174 Å². The highest BCUT2D eigenvalue weighted by atomic mass is 32.2. The molecule has 2 heterocycles. The van der Waals surface area contributed by atoms with Gasteiger partial charge in [-0.05, 0) is 89.2 Å². The fraction of sp³-hybridized carbons (Fsp3) is 0.191. The molecule has 1 aliphatic heterocycles. The van der Waals surface area contributed by atoms with Crippen molar-refractivity contribution in [1.82, 2.24) is 4.57 Å². The summed E-state index contributed by atoms with van der Waals surface area (Å²) in [4.78, 5) is 3.87. The molecule has 0 N–H and O–H groups in total. The molecule has 3 aliphatic carbocycles. The van der Waals surface area contributed by atoms with Crippen LogP contribution in [0.25, 0.3) is 33.1 Å². The molecule has 0 spiro atoms. The molecular formula is C47H40N2S. The SMILES string of the molecule is CC1C=C(n2c3ccccc3c3ccccc32)C2=C(C1)C(C)(C)c1cc(N(C3=CC4(C)c5ccccc5SC4C=C3)c3ccccc3)ccc12. The monoisotopic (exact) mass is 664 g/mol. The molecule has 3 atom stereocenters. The fourth-order valence-electron chi connectivity index (χ4n) is 9.33. The Morgan fingerprint density at radius 2 is 1.40 bits per heavy atom. The van der Waals surface area contributed by atoms with Gasteiger partial charge in [0.05, 0.1) is 16.7 Å². The van der Waals surface area contributed by atoms with E-state index in [0.29, 0.717) is 11.2 Å². The number of fused-ring (bicyclic) bond motifs is 8. The molecule has 10 rings (SSSR count). The highest BCUT2D eigenvalue weighted by Gasteiger charge is 2.44. The van der Waals surface area contributed by atoms with Crippen molar-refractivity contribution < 1.29 is 0 Å². The molecule has 3 heteroatoms. The van der Waals surface area contributed by atoms with Crippen molar-refractivity contribution in [2.24, 2.45) is 5.92 Å². The predicted molar refractivity (Wildman–Crippen MR) is 213 cm³/mol. The van der Waals surface area contributed by atoms with E-state index >= 15 is 0 Å². The van der Waals surface area contributed by atoms with Gasteiger partial charge in [-0.15, -0.1) is 11.8 Å². The number of aromatic nitrogens is 1. The van der Waals surface area contributed by atoms with Gasteiger partial charge in [0.25, 0.3) is 0 Å². The van der Waals surface area contributed by atoms with Gasteiger partial charge in [-0.3, -0.25) is 0 Å². The summed E-state index contributed by atoms with van der Waals surface area (Å²) in [5, 5.41) is 3.01. The van der Waals surface area contributed by atoms with E-state index in [1.165, 1.54) is 71.7 Å². The van der Waals surface area contributed by atoms with Gasteiger partial charge < -0.3 is 9.47 Å². The summed E-state index contributed by atoms with van der Waals surface area (Å²) in [6.45, 7) is 9.69. The first kappa shape index (κ1) is 29.9. The van der Waals surface area contributed by atoms with Crippen molar-refractivity contribution >= 4 is 56.2 Å². The molecule has 6 aromatic rings. The molecule has 244 valence electrons. The molecule has 0 saturated heterocycles. The van der Waals surface area contributed by atoms with Crippen LogP contribution in [0.5, 0.6) is 0 Å². The molecule has 0 bridgehead atoms. The summed E-state index contributed by atoms with van der Waals surface area (Å²) >= 11 is 1.99. The van der Waals surface area contributed by atoms with Crippen molar-refractivity contribution in [1.29, 1.82) is 0 Å². The second kappa shape index (κ2) is 10.8. The molecule has 50 heavy (non-hydrogen) atoms. The number of hydrogen-bond acceptors (Lipinski definition) is 2. The number of allylic oxidation sites excluding steroid dienone is 6. The lowest BCUT2D eigenvalue weighted by atomic mass is 9.76. The largest absolute Gasteiger partial charge is 0.311 e. The van der Waals surface area contributed by atoms with Gasteiger partial charge in [0, 0.05) is 54.4 Å². The third kappa shape index (κ3) is 4.16. The lowest BCUT2D eigenvalue weighted by Gasteiger charge is -2.36. The van der Waals surface area contributed by atoms with Crippen LogP contribution in [-0.2, 0) is 10.8 Å². The minimum Gasteiger partial charge on any atom is -0.311 e. The van der Waals surface area contributed by atoms with E-state index in [1.807, 2.05) is 11.8 Å². The van der Waals surface area contributed by atoms with Crippen molar-refractivity contribution in [2.45, 2.75) is 55.1 Å². The molecule has 5 aromatic carbocycles. The second-order valence-electron chi connectivity index (χ2n) is 15.2. The first-order chi connectivity index (χ1) is 24.3. The lowest BCUT2D eigenvalue weighted by Crippen LogP contribution is -2.32. The highest BCUT2D eigenvalue weighted by Crippen LogP contribution is 2.57. The Morgan fingerprint density at radius 1 is 0.720 bits per heavy atom. The van der Waals surface area contributed by atoms with E-state index in [0.717, 1.165) is 6.42 Å². The van der Waals surface area contributed by atoms with Crippen LogP contribution < -0.4 is 4.90 Å². The Balaban J connectivity index is 1.14. The molecule has 1 aromatic heterocycles. The molecule has 4 aliphatic rings. The van der Waals surface area contributed by atoms with Crippen LogP contribution in [0.1, 0.15) is 50.8 Å². The lowest BCUT2D eigenvalue weighted by molar-refractivity contribution is 0.566. The number of benzene rings is 5. The number of thioether (sulfide) groups is 1. The zero-order chi connectivity index (χ0) is 33.8. The first-order valence-corrected chi connectivity index (χ1v) is 18.8. The summed E-state index contributed by atoms with van der Waals surface area (Å²) in [7, 11) is 0. The van der Waals surface area contributed by atoms with Crippen LogP contribution in [0.2, 0.25) is 0 Å². The number of rotatable bonds is 4. The van der Waals surface area contributed by atoms with Gasteiger partial charge in [-0.25, -0.2) is 0 Å². The summed E-state index contributed by atoms with van der Waals surface area (Å²) in [6, 6.07) is 44.9. The van der Waals surface area contributed by atoms with E-state index in [1.54, 1.807) is 5.57 Å². The summed E-state index contributed by atoms with van der Waals surface area (Å²) < 4.78 is 2.54. The zero-order valence-electron chi connectivity index (χ0n) is 29.0. The van der Waals surface area contributed by atoms with E-state index in [2.05, 4.69) is 183 Å². The molecule has 2 nitrogen and oxygen atoms in total. The predicted octanol–water partition coefficient (Wildman–Crippen LogP) is 12.4. The van der Waals surface area contributed by atoms with Gasteiger partial charge in [0.1, 0.15) is 0 Å². The van der Waals surface area contributed by atoms with Crippen LogP contribution in [0.15, 0.2) is 162 Å². The van der Waals surface area contributed by atoms with E-state index < -0.39 is 0 Å². The molecule has 0 amide bonds. The topological polar surface area (TPSA) is 8.17 Å². The average molecular weight is 665 g/mol. The minimum atomic E-state index is -0.107.